The Hall–Kier alpha value is -0.950. The van der Waals surface area contributed by atoms with Crippen molar-refractivity contribution >= 4 is 24.7 Å². The first-order valence-corrected chi connectivity index (χ1v) is 5.52. The molecule has 0 saturated heterocycles. The van der Waals surface area contributed by atoms with E-state index in [9.17, 15) is 4.79 Å². The molecule has 0 aliphatic rings. The van der Waals surface area contributed by atoms with Gasteiger partial charge in [-0.3, -0.25) is 14.1 Å². The SMILES string of the molecule is CC.CN(S)C(CCN=C(N)N)CC(=O)O. The Morgan fingerprint density at radius 2 is 2.00 bits per heavy atom. The summed E-state index contributed by atoms with van der Waals surface area (Å²) in [5, 5.41) is 8.60. The minimum absolute atomic E-state index is 0.0147. The number of nitrogens with two attached hydrogens (primary N) is 2. The van der Waals surface area contributed by atoms with Gasteiger partial charge in [-0.05, 0) is 13.5 Å². The lowest BCUT2D eigenvalue weighted by molar-refractivity contribution is -0.137. The summed E-state index contributed by atoms with van der Waals surface area (Å²) in [4.78, 5) is 14.2. The highest BCUT2D eigenvalue weighted by Crippen LogP contribution is 2.09. The van der Waals surface area contributed by atoms with Gasteiger partial charge in [-0.2, -0.15) is 0 Å². The van der Waals surface area contributed by atoms with Crippen molar-refractivity contribution in [3.05, 3.63) is 0 Å². The zero-order valence-corrected chi connectivity index (χ0v) is 10.9. The second-order valence-electron chi connectivity index (χ2n) is 2.92. The molecule has 0 heterocycles. The number of carboxylic acid groups (broad SMARTS) is 1. The van der Waals surface area contributed by atoms with Gasteiger partial charge < -0.3 is 16.6 Å². The van der Waals surface area contributed by atoms with Gasteiger partial charge in [0.1, 0.15) is 0 Å². The summed E-state index contributed by atoms with van der Waals surface area (Å²) in [5.41, 5.74) is 10.3. The van der Waals surface area contributed by atoms with Crippen LogP contribution in [0.2, 0.25) is 0 Å². The Bertz CT molecular complexity index is 218. The van der Waals surface area contributed by atoms with Gasteiger partial charge in [-0.15, -0.1) is 0 Å². The van der Waals surface area contributed by atoms with Crippen LogP contribution in [-0.4, -0.2) is 41.0 Å². The van der Waals surface area contributed by atoms with Crippen molar-refractivity contribution in [1.82, 2.24) is 4.31 Å². The number of nitrogens with zero attached hydrogens (tertiary/aromatic N) is 2. The fourth-order valence-electron chi connectivity index (χ4n) is 0.965. The highest BCUT2D eigenvalue weighted by molar-refractivity contribution is 7.77. The number of hydrogen-bond donors (Lipinski definition) is 4. The molecule has 0 fully saturated rings. The van der Waals surface area contributed by atoms with Gasteiger partial charge >= 0.3 is 5.97 Å². The van der Waals surface area contributed by atoms with Crippen LogP contribution in [0.3, 0.4) is 0 Å². The lowest BCUT2D eigenvalue weighted by Gasteiger charge is -2.20. The molecule has 0 spiro atoms. The molecule has 0 aliphatic heterocycles. The van der Waals surface area contributed by atoms with E-state index in [-0.39, 0.29) is 18.4 Å². The zero-order valence-electron chi connectivity index (χ0n) is 10.1. The molecule has 0 rings (SSSR count). The van der Waals surface area contributed by atoms with Crippen molar-refractivity contribution in [2.75, 3.05) is 13.6 Å². The van der Waals surface area contributed by atoms with Gasteiger partial charge in [0.2, 0.25) is 0 Å². The predicted molar refractivity (Wildman–Crippen MR) is 69.4 cm³/mol. The fourth-order valence-corrected chi connectivity index (χ4v) is 1.16. The number of carboxylic acids is 1. The Morgan fingerprint density at radius 3 is 2.31 bits per heavy atom. The van der Waals surface area contributed by atoms with Gasteiger partial charge in [-0.25, -0.2) is 0 Å². The van der Waals surface area contributed by atoms with Crippen LogP contribution in [0.5, 0.6) is 0 Å². The normalized spacial score (nSPS) is 11.3. The van der Waals surface area contributed by atoms with Gasteiger partial charge in [0, 0.05) is 12.6 Å². The molecule has 0 aromatic heterocycles. The van der Waals surface area contributed by atoms with E-state index in [1.807, 2.05) is 13.8 Å². The highest BCUT2D eigenvalue weighted by Gasteiger charge is 2.15. The van der Waals surface area contributed by atoms with Gasteiger partial charge in [0.15, 0.2) is 5.96 Å². The minimum atomic E-state index is -0.861. The van der Waals surface area contributed by atoms with Crippen molar-refractivity contribution in [2.24, 2.45) is 16.5 Å². The molecule has 7 heteroatoms. The van der Waals surface area contributed by atoms with E-state index in [1.54, 1.807) is 11.4 Å². The molecule has 0 aromatic rings. The molecule has 1 unspecified atom stereocenters. The van der Waals surface area contributed by atoms with E-state index in [1.165, 1.54) is 0 Å². The maximum Gasteiger partial charge on any atom is 0.304 e. The van der Waals surface area contributed by atoms with Crippen LogP contribution in [0.25, 0.3) is 0 Å². The molecule has 6 nitrogen and oxygen atoms in total. The molecule has 0 aromatic carbocycles. The number of guanidine groups is 1. The Kier molecular flexibility index (Phi) is 11.5. The molecule has 0 saturated carbocycles. The summed E-state index contributed by atoms with van der Waals surface area (Å²) in [6, 6.07) is -0.168. The van der Waals surface area contributed by atoms with Crippen LogP contribution in [0.1, 0.15) is 26.7 Å². The van der Waals surface area contributed by atoms with Crippen LogP contribution < -0.4 is 11.5 Å². The van der Waals surface area contributed by atoms with E-state index in [2.05, 4.69) is 17.8 Å². The summed E-state index contributed by atoms with van der Waals surface area (Å²) in [7, 11) is 1.70. The largest absolute Gasteiger partial charge is 0.481 e. The smallest absolute Gasteiger partial charge is 0.304 e. The molecule has 0 bridgehead atoms. The summed E-state index contributed by atoms with van der Waals surface area (Å²) < 4.78 is 1.55. The van der Waals surface area contributed by atoms with Crippen LogP contribution in [0.4, 0.5) is 0 Å². The van der Waals surface area contributed by atoms with Crippen LogP contribution in [0, 0.1) is 0 Å². The van der Waals surface area contributed by atoms with Crippen LogP contribution >= 0.6 is 12.8 Å². The summed E-state index contributed by atoms with van der Waals surface area (Å²) in [5.74, 6) is -0.846. The van der Waals surface area contributed by atoms with Crippen molar-refractivity contribution in [1.29, 1.82) is 0 Å². The van der Waals surface area contributed by atoms with E-state index < -0.39 is 5.97 Å². The zero-order chi connectivity index (χ0) is 13.1. The molecule has 16 heavy (non-hydrogen) atoms. The first-order valence-electron chi connectivity index (χ1n) is 5.12. The standard InChI is InChI=1S/C7H16N4O2S.C2H6/c1-11(14)5(4-6(12)13)2-3-10-7(8)9;1-2/h5,14H,2-4H2,1H3,(H,12,13)(H4,8,9,10);1-2H3. The Balaban J connectivity index is 0. The quantitative estimate of drug-likeness (QED) is 0.308. The fraction of sp³-hybridized carbons (Fsp3) is 0.778. The number of aliphatic carboxylic acids is 1. The van der Waals surface area contributed by atoms with E-state index >= 15 is 0 Å². The number of carbonyl (C=O) groups is 1. The average Bonchev–Trinajstić information content (AvgIpc) is 2.18. The molecule has 0 aliphatic carbocycles. The molecule has 5 N–H and O–H groups in total. The van der Waals surface area contributed by atoms with E-state index in [4.69, 9.17) is 16.6 Å². The molecular formula is C9H22N4O2S. The molecule has 96 valence electrons. The summed E-state index contributed by atoms with van der Waals surface area (Å²) in [6.45, 7) is 4.41. The van der Waals surface area contributed by atoms with Crippen molar-refractivity contribution in [3.8, 4) is 0 Å². The summed E-state index contributed by atoms with van der Waals surface area (Å²) >= 11 is 4.05. The number of aliphatic imine (C=N–C) groups is 1. The lowest BCUT2D eigenvalue weighted by Crippen LogP contribution is -2.28. The minimum Gasteiger partial charge on any atom is -0.481 e. The third-order valence-electron chi connectivity index (χ3n) is 1.70. The second kappa shape index (κ2) is 10.6. The van der Waals surface area contributed by atoms with Gasteiger partial charge in [0.05, 0.1) is 6.42 Å². The average molecular weight is 250 g/mol. The maximum absolute atomic E-state index is 10.5. The second-order valence-corrected chi connectivity index (χ2v) is 3.55. The predicted octanol–water partition coefficient (Wildman–Crippen LogP) is 0.296. The number of rotatable bonds is 6. The van der Waals surface area contributed by atoms with Crippen molar-refractivity contribution in [2.45, 2.75) is 32.7 Å². The number of hydrogen-bond acceptors (Lipinski definition) is 4. The van der Waals surface area contributed by atoms with E-state index in [0.29, 0.717) is 13.0 Å². The van der Waals surface area contributed by atoms with Crippen LogP contribution in [-0.2, 0) is 4.79 Å². The maximum atomic E-state index is 10.5. The van der Waals surface area contributed by atoms with E-state index in [0.717, 1.165) is 0 Å². The third kappa shape index (κ3) is 11.1. The van der Waals surface area contributed by atoms with Gasteiger partial charge in [-0.1, -0.05) is 26.7 Å². The lowest BCUT2D eigenvalue weighted by atomic mass is 10.1. The number of thiol groups is 1. The monoisotopic (exact) mass is 250 g/mol. The third-order valence-corrected chi connectivity index (χ3v) is 2.02. The first-order chi connectivity index (χ1) is 7.43. The molecule has 0 amide bonds. The Morgan fingerprint density at radius 1 is 1.50 bits per heavy atom. The topological polar surface area (TPSA) is 105 Å². The molecular weight excluding hydrogens is 228 g/mol. The summed E-state index contributed by atoms with van der Waals surface area (Å²) in [6.07, 6.45) is 0.587. The molecule has 0 radical (unpaired) electrons. The highest BCUT2D eigenvalue weighted by atomic mass is 32.1. The van der Waals surface area contributed by atoms with Crippen molar-refractivity contribution in [3.63, 3.8) is 0 Å². The van der Waals surface area contributed by atoms with Crippen LogP contribution in [0.15, 0.2) is 4.99 Å². The molecule has 1 atom stereocenters. The first kappa shape index (κ1) is 17.4. The Labute approximate surface area is 102 Å². The van der Waals surface area contributed by atoms with Crippen molar-refractivity contribution < 1.29 is 9.90 Å². The van der Waals surface area contributed by atoms with Gasteiger partial charge in [0.25, 0.3) is 0 Å².